The number of urea groups is 1. The van der Waals surface area contributed by atoms with Crippen LogP contribution in [0.5, 0.6) is 0 Å². The minimum Gasteiger partial charge on any atom is -0.394 e. The number of nitrogens with zero attached hydrogens (tertiary/aromatic N) is 1. The van der Waals surface area contributed by atoms with Crippen LogP contribution >= 0.6 is 7.75 Å². The average molecular weight is 300 g/mol. The van der Waals surface area contributed by atoms with E-state index in [1.54, 1.807) is 0 Å². The minimum absolute atomic E-state index is 0.119. The molecule has 3 amide bonds. The highest BCUT2D eigenvalue weighted by atomic mass is 31.2. The molecule has 6 N–H and O–H groups in total. The van der Waals surface area contributed by atoms with Crippen molar-refractivity contribution in [3.8, 4) is 0 Å². The molecule has 11 nitrogen and oxygen atoms in total. The van der Waals surface area contributed by atoms with Crippen molar-refractivity contribution in [2.75, 3.05) is 6.61 Å². The quantitative estimate of drug-likeness (QED) is 0.229. The summed E-state index contributed by atoms with van der Waals surface area (Å²) in [4.78, 5) is 39.5. The highest BCUT2D eigenvalue weighted by molar-refractivity contribution is 7.50. The maximum Gasteiger partial charge on any atom is 0.435 e. The van der Waals surface area contributed by atoms with Gasteiger partial charge in [0, 0.05) is 0 Å². The summed E-state index contributed by atoms with van der Waals surface area (Å²) >= 11 is 0. The molecule has 110 valence electrons. The molecular weight excluding hydrogens is 287 g/mol. The first-order chi connectivity index (χ1) is 8.73. The molecule has 12 heteroatoms. The van der Waals surface area contributed by atoms with Crippen LogP contribution in [0.1, 0.15) is 0 Å². The van der Waals surface area contributed by atoms with Crippen LogP contribution in [0.25, 0.3) is 0 Å². The van der Waals surface area contributed by atoms with Crippen molar-refractivity contribution in [1.29, 1.82) is 0 Å². The van der Waals surface area contributed by atoms with E-state index in [2.05, 4.69) is 0 Å². The Labute approximate surface area is 106 Å². The molecule has 4 atom stereocenters. The van der Waals surface area contributed by atoms with Gasteiger partial charge in [-0.05, 0) is 0 Å². The van der Waals surface area contributed by atoms with E-state index in [-0.39, 0.29) is 11.1 Å². The van der Waals surface area contributed by atoms with Crippen LogP contribution in [0.3, 0.4) is 0 Å². The van der Waals surface area contributed by atoms with Crippen LogP contribution in [-0.2, 0) is 14.1 Å². The molecule has 0 bridgehead atoms. The lowest BCUT2D eigenvalue weighted by atomic mass is 10.1. The Morgan fingerprint density at radius 2 is 1.95 bits per heavy atom. The van der Waals surface area contributed by atoms with E-state index in [1.807, 2.05) is 0 Å². The smallest absolute Gasteiger partial charge is 0.394 e. The number of amides is 3. The third kappa shape index (κ3) is 3.28. The van der Waals surface area contributed by atoms with Gasteiger partial charge in [0.15, 0.2) is 6.23 Å². The SMILES string of the molecule is O=CNC(=O)N(C1O[C@H](CO)[C@@H](O)[C@H]1O)P(=O)(O)O. The van der Waals surface area contributed by atoms with Gasteiger partial charge in [-0.2, -0.15) is 0 Å². The fourth-order valence-corrected chi connectivity index (χ4v) is 2.36. The number of aliphatic hydroxyl groups excluding tert-OH is 3. The molecule has 1 aliphatic heterocycles. The second kappa shape index (κ2) is 5.92. The zero-order chi connectivity index (χ0) is 14.8. The molecule has 1 unspecified atom stereocenters. The number of carbonyl (C=O) groups excluding carboxylic acids is 2. The summed E-state index contributed by atoms with van der Waals surface area (Å²) < 4.78 is 15.8. The molecule has 1 heterocycles. The van der Waals surface area contributed by atoms with Gasteiger partial charge >= 0.3 is 13.8 Å². The maximum absolute atomic E-state index is 11.4. The predicted molar refractivity (Wildman–Crippen MR) is 56.2 cm³/mol. The van der Waals surface area contributed by atoms with Crippen molar-refractivity contribution in [1.82, 2.24) is 9.99 Å². The number of hydrogen-bond acceptors (Lipinski definition) is 7. The monoisotopic (exact) mass is 300 g/mol. The van der Waals surface area contributed by atoms with Crippen LogP contribution in [-0.4, -0.2) is 73.4 Å². The number of rotatable bonds is 4. The molecule has 0 radical (unpaired) electrons. The summed E-state index contributed by atoms with van der Waals surface area (Å²) in [7, 11) is -5.23. The summed E-state index contributed by atoms with van der Waals surface area (Å²) in [6, 6.07) is -1.52. The van der Waals surface area contributed by atoms with E-state index < -0.39 is 44.9 Å². The summed E-state index contributed by atoms with van der Waals surface area (Å²) in [6.07, 6.45) is -6.85. The Morgan fingerprint density at radius 1 is 1.37 bits per heavy atom. The zero-order valence-electron chi connectivity index (χ0n) is 9.36. The molecular formula is C7H13N2O9P. The van der Waals surface area contributed by atoms with Crippen molar-refractivity contribution in [2.45, 2.75) is 24.5 Å². The number of carbonyl (C=O) groups is 2. The molecule has 1 aliphatic rings. The summed E-state index contributed by atoms with van der Waals surface area (Å²) in [5.41, 5.74) is 0. The molecule has 1 fully saturated rings. The highest BCUT2D eigenvalue weighted by Crippen LogP contribution is 2.44. The van der Waals surface area contributed by atoms with Crippen molar-refractivity contribution in [2.24, 2.45) is 0 Å². The Kier molecular flexibility index (Phi) is 4.98. The summed E-state index contributed by atoms with van der Waals surface area (Å²) in [5, 5.41) is 29.3. The van der Waals surface area contributed by atoms with E-state index in [0.29, 0.717) is 0 Å². The van der Waals surface area contributed by atoms with E-state index in [0.717, 1.165) is 0 Å². The molecule has 1 saturated heterocycles. The molecule has 0 spiro atoms. The van der Waals surface area contributed by atoms with Crippen LogP contribution in [0.15, 0.2) is 0 Å². The Hall–Kier alpha value is -1.07. The van der Waals surface area contributed by atoms with E-state index in [9.17, 15) is 24.4 Å². The molecule has 0 aromatic rings. The Balaban J connectivity index is 3.03. The average Bonchev–Trinajstić information content (AvgIpc) is 2.56. The van der Waals surface area contributed by atoms with Gasteiger partial charge in [-0.3, -0.25) is 10.1 Å². The summed E-state index contributed by atoms with van der Waals surface area (Å²) in [6.45, 7) is -0.737. The number of nitrogens with one attached hydrogen (secondary N) is 1. The van der Waals surface area contributed by atoms with Crippen molar-refractivity contribution in [3.63, 3.8) is 0 Å². The highest BCUT2D eigenvalue weighted by Gasteiger charge is 2.51. The van der Waals surface area contributed by atoms with Crippen LogP contribution < -0.4 is 5.32 Å². The molecule has 0 aliphatic carbocycles. The second-order valence-corrected chi connectivity index (χ2v) is 5.11. The lowest BCUT2D eigenvalue weighted by Crippen LogP contribution is -2.48. The van der Waals surface area contributed by atoms with Gasteiger partial charge in [-0.15, -0.1) is 0 Å². The first-order valence-corrected chi connectivity index (χ1v) is 6.52. The van der Waals surface area contributed by atoms with E-state index in [1.165, 1.54) is 5.32 Å². The number of ether oxygens (including phenoxy) is 1. The van der Waals surface area contributed by atoms with Gasteiger partial charge in [0.2, 0.25) is 6.41 Å². The topological polar surface area (TPSA) is 177 Å². The van der Waals surface area contributed by atoms with E-state index >= 15 is 0 Å². The number of imide groups is 1. The fraction of sp³-hybridized carbons (Fsp3) is 0.714. The fourth-order valence-electron chi connectivity index (χ4n) is 1.58. The lowest BCUT2D eigenvalue weighted by molar-refractivity contribution is -0.109. The largest absolute Gasteiger partial charge is 0.435 e. The molecule has 19 heavy (non-hydrogen) atoms. The predicted octanol–water partition coefficient (Wildman–Crippen LogP) is -3.31. The van der Waals surface area contributed by atoms with Crippen LogP contribution in [0, 0.1) is 0 Å². The number of hydrogen-bond donors (Lipinski definition) is 6. The van der Waals surface area contributed by atoms with Crippen molar-refractivity contribution in [3.05, 3.63) is 0 Å². The normalized spacial score (nSPS) is 31.0. The van der Waals surface area contributed by atoms with Gasteiger partial charge in [-0.25, -0.2) is 14.0 Å². The first kappa shape index (κ1) is 16.0. The van der Waals surface area contributed by atoms with Crippen molar-refractivity contribution >= 4 is 20.2 Å². The molecule has 1 rings (SSSR count). The molecule has 0 aromatic carbocycles. The molecule has 0 aromatic heterocycles. The van der Waals surface area contributed by atoms with E-state index in [4.69, 9.17) is 19.6 Å². The lowest BCUT2D eigenvalue weighted by Gasteiger charge is -2.29. The third-order valence-electron chi connectivity index (χ3n) is 2.43. The zero-order valence-corrected chi connectivity index (χ0v) is 10.3. The molecule has 0 saturated carbocycles. The van der Waals surface area contributed by atoms with Gasteiger partial charge in [-0.1, -0.05) is 0 Å². The maximum atomic E-state index is 11.4. The summed E-state index contributed by atoms with van der Waals surface area (Å²) in [5.74, 6) is 0. The Bertz CT molecular complexity index is 398. The van der Waals surface area contributed by atoms with Crippen molar-refractivity contribution < 1.29 is 44.0 Å². The van der Waals surface area contributed by atoms with Gasteiger partial charge in [0.1, 0.15) is 18.3 Å². The first-order valence-electron chi connectivity index (χ1n) is 4.96. The van der Waals surface area contributed by atoms with Gasteiger partial charge in [0.25, 0.3) is 0 Å². The van der Waals surface area contributed by atoms with Crippen LogP contribution in [0.4, 0.5) is 4.79 Å². The van der Waals surface area contributed by atoms with Crippen LogP contribution in [0.2, 0.25) is 0 Å². The third-order valence-corrected chi connectivity index (χ3v) is 3.40. The standard InChI is InChI=1S/C7H13N2O9P/c10-1-3-4(12)5(13)6(18-3)9(19(15,16)17)7(14)8-2-11/h2-6,10,12-13H,1H2,(H,8,11,14)(H2,15,16,17)/t3-,4-,5-,6?/m1/s1. The van der Waals surface area contributed by atoms with Gasteiger partial charge in [0.05, 0.1) is 6.61 Å². The number of aliphatic hydroxyl groups is 3. The van der Waals surface area contributed by atoms with Gasteiger partial charge < -0.3 is 29.8 Å². The minimum atomic E-state index is -5.23. The Morgan fingerprint density at radius 3 is 2.32 bits per heavy atom. The second-order valence-electron chi connectivity index (χ2n) is 3.65.